The molecule has 6 unspecified atom stereocenters. The molecule has 0 aliphatic heterocycles. The fourth-order valence-corrected chi connectivity index (χ4v) is 7.32. The van der Waals surface area contributed by atoms with Crippen molar-refractivity contribution in [2.45, 2.75) is 71.6 Å². The highest BCUT2D eigenvalue weighted by atomic mass is 16.6. The van der Waals surface area contributed by atoms with Crippen molar-refractivity contribution < 1.29 is 9.68 Å². The second-order valence-corrected chi connectivity index (χ2v) is 9.42. The summed E-state index contributed by atoms with van der Waals surface area (Å²) in [6.45, 7) is 5.07. The summed E-state index contributed by atoms with van der Waals surface area (Å²) in [6, 6.07) is 0. The largest absolute Gasteiger partial charge is 0.399 e. The Morgan fingerprint density at radius 2 is 1.68 bits per heavy atom. The number of hydrogen-bond donors (Lipinski definition) is 0. The third-order valence-electron chi connectivity index (χ3n) is 8.66. The van der Waals surface area contributed by atoms with Crippen LogP contribution in [0, 0.1) is 34.5 Å². The molecule has 4 aliphatic carbocycles. The lowest BCUT2D eigenvalue weighted by atomic mass is 9.45. The van der Waals surface area contributed by atoms with Crippen LogP contribution in [0.15, 0.2) is 10.3 Å². The summed E-state index contributed by atoms with van der Waals surface area (Å²) in [5.74, 6) is 3.38. The first-order valence-corrected chi connectivity index (χ1v) is 10.2. The molecule has 0 aromatic heterocycles. The zero-order valence-corrected chi connectivity index (χ0v) is 16.4. The summed E-state index contributed by atoms with van der Waals surface area (Å²) in [5.41, 5.74) is 3.42. The van der Waals surface area contributed by atoms with Gasteiger partial charge in [-0.1, -0.05) is 24.2 Å². The molecule has 0 heterocycles. The van der Waals surface area contributed by atoms with Crippen LogP contribution in [0.2, 0.25) is 0 Å². The molecule has 0 aromatic carbocycles. The zero-order valence-electron chi connectivity index (χ0n) is 16.4. The maximum Gasteiger partial charge on any atom is 0.106 e. The predicted molar refractivity (Wildman–Crippen MR) is 101 cm³/mol. The van der Waals surface area contributed by atoms with E-state index >= 15 is 0 Å². The first kappa shape index (κ1) is 17.4. The molecule has 4 fully saturated rings. The van der Waals surface area contributed by atoms with Crippen LogP contribution >= 0.6 is 0 Å². The van der Waals surface area contributed by atoms with E-state index in [0.717, 1.165) is 42.9 Å². The molecular formula is C21H34N2O2. The Balaban J connectivity index is 1.58. The van der Waals surface area contributed by atoms with E-state index in [1.165, 1.54) is 49.9 Å². The van der Waals surface area contributed by atoms with Crippen LogP contribution in [-0.2, 0) is 9.68 Å². The lowest BCUT2D eigenvalue weighted by Gasteiger charge is -2.59. The number of hydrogen-bond acceptors (Lipinski definition) is 4. The third-order valence-corrected chi connectivity index (χ3v) is 8.66. The maximum absolute atomic E-state index is 5.18. The normalized spacial score (nSPS) is 49.4. The van der Waals surface area contributed by atoms with Crippen LogP contribution in [0.3, 0.4) is 0 Å². The van der Waals surface area contributed by atoms with Gasteiger partial charge in [0.1, 0.15) is 14.2 Å². The molecule has 0 radical (unpaired) electrons. The molecule has 0 bridgehead atoms. The molecule has 0 N–H and O–H groups in total. The fraction of sp³-hybridized carbons (Fsp3) is 0.905. The average Bonchev–Trinajstić information content (AvgIpc) is 2.93. The first-order chi connectivity index (χ1) is 12.0. The van der Waals surface area contributed by atoms with Crippen molar-refractivity contribution in [3.05, 3.63) is 0 Å². The van der Waals surface area contributed by atoms with Crippen molar-refractivity contribution in [1.82, 2.24) is 0 Å². The van der Waals surface area contributed by atoms with Gasteiger partial charge in [-0.05, 0) is 86.9 Å². The smallest absolute Gasteiger partial charge is 0.106 e. The Morgan fingerprint density at radius 3 is 2.44 bits per heavy atom. The van der Waals surface area contributed by atoms with Crippen LogP contribution in [0.5, 0.6) is 0 Å². The minimum absolute atomic E-state index is 0.289. The van der Waals surface area contributed by atoms with Crippen molar-refractivity contribution >= 4 is 11.4 Å². The van der Waals surface area contributed by atoms with E-state index in [1.54, 1.807) is 14.2 Å². The standard InChI is InChI=1S/C21H34N2O2/c1-20-11-9-15(22-24-3)13-14(20)5-6-16-17-7-8-19(23-25-4)21(17,2)12-10-18(16)20/h14,16-18H,5-13H2,1-4H3. The van der Waals surface area contributed by atoms with Gasteiger partial charge in [-0.3, -0.25) is 0 Å². The summed E-state index contributed by atoms with van der Waals surface area (Å²) in [6.07, 6.45) is 11.5. The second kappa shape index (κ2) is 6.28. The highest BCUT2D eigenvalue weighted by Gasteiger charge is 2.59. The molecule has 4 aliphatic rings. The van der Waals surface area contributed by atoms with Crippen LogP contribution in [-0.4, -0.2) is 25.6 Å². The predicted octanol–water partition coefficient (Wildman–Crippen LogP) is 5.03. The number of oxime groups is 2. The first-order valence-electron chi connectivity index (χ1n) is 10.2. The lowest BCUT2D eigenvalue weighted by molar-refractivity contribution is -0.0821. The maximum atomic E-state index is 5.18. The molecule has 4 nitrogen and oxygen atoms in total. The van der Waals surface area contributed by atoms with Crippen molar-refractivity contribution in [2.24, 2.45) is 44.8 Å². The van der Waals surface area contributed by atoms with Gasteiger partial charge in [-0.2, -0.15) is 0 Å². The monoisotopic (exact) mass is 346 g/mol. The minimum Gasteiger partial charge on any atom is -0.399 e. The zero-order chi connectivity index (χ0) is 17.7. The van der Waals surface area contributed by atoms with E-state index in [2.05, 4.69) is 24.2 Å². The van der Waals surface area contributed by atoms with Crippen LogP contribution in [0.4, 0.5) is 0 Å². The molecule has 0 saturated heterocycles. The Hall–Kier alpha value is -1.06. The lowest BCUT2D eigenvalue weighted by Crippen LogP contribution is -2.53. The van der Waals surface area contributed by atoms with Crippen LogP contribution in [0.1, 0.15) is 71.6 Å². The minimum atomic E-state index is 0.289. The Labute approximate surface area is 152 Å². The molecule has 25 heavy (non-hydrogen) atoms. The molecule has 4 heteroatoms. The van der Waals surface area contributed by atoms with Crippen molar-refractivity contribution in [3.8, 4) is 0 Å². The van der Waals surface area contributed by atoms with Gasteiger partial charge in [0.25, 0.3) is 0 Å². The molecule has 4 rings (SSSR count). The molecule has 4 saturated carbocycles. The highest BCUT2D eigenvalue weighted by Crippen LogP contribution is 2.65. The second-order valence-electron chi connectivity index (χ2n) is 9.42. The van der Waals surface area contributed by atoms with Gasteiger partial charge in [0.15, 0.2) is 0 Å². The number of nitrogens with zero attached hydrogens (tertiary/aromatic N) is 2. The summed E-state index contributed by atoms with van der Waals surface area (Å²) >= 11 is 0. The van der Waals surface area contributed by atoms with Gasteiger partial charge in [0.2, 0.25) is 0 Å². The molecule has 0 aromatic rings. The summed E-state index contributed by atoms with van der Waals surface area (Å²) < 4.78 is 0. The van der Waals surface area contributed by atoms with E-state index in [-0.39, 0.29) is 5.41 Å². The highest BCUT2D eigenvalue weighted by molar-refractivity contribution is 5.92. The summed E-state index contributed by atoms with van der Waals surface area (Å²) in [4.78, 5) is 10.2. The Kier molecular flexibility index (Phi) is 4.36. The van der Waals surface area contributed by atoms with Crippen molar-refractivity contribution in [2.75, 3.05) is 14.2 Å². The SMILES string of the molecule is CON=C1CCC2(C)C(CCC3C4CCC(=NOC)C4(C)CCC32)C1. The van der Waals surface area contributed by atoms with Crippen LogP contribution < -0.4 is 0 Å². The Morgan fingerprint density at radius 1 is 0.880 bits per heavy atom. The van der Waals surface area contributed by atoms with Crippen molar-refractivity contribution in [1.29, 1.82) is 0 Å². The summed E-state index contributed by atoms with van der Waals surface area (Å²) in [7, 11) is 3.38. The number of rotatable bonds is 2. The van der Waals surface area contributed by atoms with Gasteiger partial charge in [0, 0.05) is 5.41 Å². The molecule has 0 spiro atoms. The van der Waals surface area contributed by atoms with E-state index in [4.69, 9.17) is 9.68 Å². The Bertz CT molecular complexity index is 586. The van der Waals surface area contributed by atoms with E-state index in [1.807, 2.05) is 0 Å². The van der Waals surface area contributed by atoms with E-state index < -0.39 is 0 Å². The summed E-state index contributed by atoms with van der Waals surface area (Å²) in [5, 5.41) is 8.73. The third kappa shape index (κ3) is 2.54. The fourth-order valence-electron chi connectivity index (χ4n) is 7.32. The average molecular weight is 347 g/mol. The quantitative estimate of drug-likeness (QED) is 0.658. The topological polar surface area (TPSA) is 43.2 Å². The van der Waals surface area contributed by atoms with Gasteiger partial charge in [-0.15, -0.1) is 0 Å². The van der Waals surface area contributed by atoms with Gasteiger partial charge in [-0.25, -0.2) is 0 Å². The molecule has 140 valence electrons. The van der Waals surface area contributed by atoms with Gasteiger partial charge < -0.3 is 9.68 Å². The van der Waals surface area contributed by atoms with Crippen LogP contribution in [0.25, 0.3) is 0 Å². The van der Waals surface area contributed by atoms with Gasteiger partial charge >= 0.3 is 0 Å². The molecule has 6 atom stereocenters. The van der Waals surface area contributed by atoms with E-state index in [0.29, 0.717) is 5.41 Å². The number of fused-ring (bicyclic) bond motifs is 5. The van der Waals surface area contributed by atoms with Crippen molar-refractivity contribution in [3.63, 3.8) is 0 Å². The van der Waals surface area contributed by atoms with E-state index in [9.17, 15) is 0 Å². The molecule has 0 amide bonds. The van der Waals surface area contributed by atoms with Gasteiger partial charge in [0.05, 0.1) is 11.4 Å². The molecular weight excluding hydrogens is 312 g/mol.